The number of aromatic nitrogens is 5. The number of nitrogens with zero attached hydrogens (tertiary/aromatic N) is 5. The maximum absolute atomic E-state index is 11.2. The van der Waals surface area contributed by atoms with Crippen LogP contribution in [-0.2, 0) is 7.05 Å². The van der Waals surface area contributed by atoms with E-state index in [2.05, 4.69) is 15.3 Å². The molecule has 0 atom stereocenters. The minimum Gasteiger partial charge on any atom is -0.245 e. The van der Waals surface area contributed by atoms with Gasteiger partial charge in [0.1, 0.15) is 6.33 Å². The second-order valence-corrected chi connectivity index (χ2v) is 2.12. The Labute approximate surface area is 61.1 Å². The van der Waals surface area contributed by atoms with Crippen LogP contribution in [0.1, 0.15) is 0 Å². The lowest BCUT2D eigenvalue weighted by Crippen LogP contribution is -2.26. The van der Waals surface area contributed by atoms with Gasteiger partial charge >= 0.3 is 5.69 Å². The first-order chi connectivity index (χ1) is 5.29. The lowest BCUT2D eigenvalue weighted by molar-refractivity contribution is 0.607. The van der Waals surface area contributed by atoms with E-state index in [-0.39, 0.29) is 5.69 Å². The molecule has 0 saturated heterocycles. The maximum Gasteiger partial charge on any atom is 0.352 e. The van der Waals surface area contributed by atoms with E-state index in [0.29, 0.717) is 5.65 Å². The first-order valence-electron chi connectivity index (χ1n) is 3.01. The Balaban J connectivity index is 3.05. The van der Waals surface area contributed by atoms with Crippen LogP contribution in [0.3, 0.4) is 0 Å². The first kappa shape index (κ1) is 6.02. The van der Waals surface area contributed by atoms with Crippen molar-refractivity contribution in [3.63, 3.8) is 0 Å². The van der Waals surface area contributed by atoms with Gasteiger partial charge in [0.25, 0.3) is 0 Å². The summed E-state index contributed by atoms with van der Waals surface area (Å²) in [6, 6.07) is 0. The Kier molecular flexibility index (Phi) is 1.03. The molecule has 0 bridgehead atoms. The summed E-state index contributed by atoms with van der Waals surface area (Å²) in [4.78, 5) is 14.9. The molecule has 0 unspecified atom stereocenters. The quantitative estimate of drug-likeness (QED) is 0.475. The van der Waals surface area contributed by atoms with Crippen LogP contribution in [0.15, 0.2) is 17.3 Å². The van der Waals surface area contributed by atoms with Gasteiger partial charge in [-0.25, -0.2) is 14.2 Å². The van der Waals surface area contributed by atoms with Crippen LogP contribution in [0.25, 0.3) is 5.65 Å². The van der Waals surface area contributed by atoms with Gasteiger partial charge in [-0.1, -0.05) is 5.21 Å². The molecule has 11 heavy (non-hydrogen) atoms. The van der Waals surface area contributed by atoms with Crippen LogP contribution in [0, 0.1) is 0 Å². The van der Waals surface area contributed by atoms with Crippen LogP contribution in [0.4, 0.5) is 0 Å². The molecule has 56 valence electrons. The molecule has 2 aromatic rings. The normalized spacial score (nSPS) is 10.6. The SMILES string of the molecule is Cn1nnc2cncn2c1=O. The van der Waals surface area contributed by atoms with Crippen LogP contribution in [0.5, 0.6) is 0 Å². The summed E-state index contributed by atoms with van der Waals surface area (Å²) in [7, 11) is 1.54. The zero-order valence-corrected chi connectivity index (χ0v) is 5.80. The van der Waals surface area contributed by atoms with E-state index in [4.69, 9.17) is 0 Å². The predicted octanol–water partition coefficient (Wildman–Crippen LogP) is -1.18. The molecule has 6 heteroatoms. The van der Waals surface area contributed by atoms with Crippen LogP contribution >= 0.6 is 0 Å². The Morgan fingerprint density at radius 1 is 1.55 bits per heavy atom. The van der Waals surface area contributed by atoms with Gasteiger partial charge in [0.15, 0.2) is 5.65 Å². The van der Waals surface area contributed by atoms with Gasteiger partial charge in [-0.05, 0) is 0 Å². The Bertz CT molecular complexity index is 441. The van der Waals surface area contributed by atoms with Crippen molar-refractivity contribution in [2.24, 2.45) is 7.05 Å². The molecule has 0 aliphatic carbocycles. The van der Waals surface area contributed by atoms with Crippen molar-refractivity contribution in [1.29, 1.82) is 0 Å². The lowest BCUT2D eigenvalue weighted by Gasteiger charge is -1.93. The smallest absolute Gasteiger partial charge is 0.245 e. The van der Waals surface area contributed by atoms with Crippen LogP contribution in [0.2, 0.25) is 0 Å². The maximum atomic E-state index is 11.2. The van der Waals surface area contributed by atoms with E-state index in [1.807, 2.05) is 0 Å². The summed E-state index contributed by atoms with van der Waals surface area (Å²) in [5, 5.41) is 7.29. The minimum atomic E-state index is -0.243. The fraction of sp³-hybridized carbons (Fsp3) is 0.200. The third-order valence-corrected chi connectivity index (χ3v) is 1.38. The molecule has 0 spiro atoms. The molecule has 0 amide bonds. The van der Waals surface area contributed by atoms with E-state index >= 15 is 0 Å². The van der Waals surface area contributed by atoms with Gasteiger partial charge in [-0.3, -0.25) is 0 Å². The van der Waals surface area contributed by atoms with Crippen molar-refractivity contribution in [3.8, 4) is 0 Å². The zero-order chi connectivity index (χ0) is 7.84. The average Bonchev–Trinajstić information content (AvgIpc) is 2.45. The Hall–Kier alpha value is -1.72. The van der Waals surface area contributed by atoms with E-state index in [0.717, 1.165) is 4.68 Å². The number of hydrogen-bond acceptors (Lipinski definition) is 4. The van der Waals surface area contributed by atoms with Gasteiger partial charge in [0.05, 0.1) is 6.20 Å². The van der Waals surface area contributed by atoms with E-state index < -0.39 is 0 Å². The highest BCUT2D eigenvalue weighted by Gasteiger charge is 1.99. The van der Waals surface area contributed by atoms with Crippen molar-refractivity contribution in [2.45, 2.75) is 0 Å². The number of hydrogen-bond donors (Lipinski definition) is 0. The molecular formula is C5H5N5O. The van der Waals surface area contributed by atoms with Crippen LogP contribution in [-0.4, -0.2) is 24.4 Å². The Morgan fingerprint density at radius 2 is 2.36 bits per heavy atom. The summed E-state index contributed by atoms with van der Waals surface area (Å²) in [5.41, 5.74) is 0.223. The predicted molar refractivity (Wildman–Crippen MR) is 36.0 cm³/mol. The number of fused-ring (bicyclic) bond motifs is 1. The third-order valence-electron chi connectivity index (χ3n) is 1.38. The van der Waals surface area contributed by atoms with Gasteiger partial charge in [-0.15, -0.1) is 5.10 Å². The van der Waals surface area contributed by atoms with Crippen molar-refractivity contribution < 1.29 is 0 Å². The number of rotatable bonds is 0. The van der Waals surface area contributed by atoms with Crippen molar-refractivity contribution >= 4 is 5.65 Å². The Morgan fingerprint density at radius 3 is 3.18 bits per heavy atom. The van der Waals surface area contributed by atoms with E-state index in [1.165, 1.54) is 24.0 Å². The summed E-state index contributed by atoms with van der Waals surface area (Å²) < 4.78 is 2.47. The standard InChI is InChI=1S/C5H5N5O/c1-9-5(11)10-3-6-2-4(10)7-8-9/h2-3H,1H3. The second kappa shape index (κ2) is 1.88. The highest BCUT2D eigenvalue weighted by Crippen LogP contribution is 1.87. The second-order valence-electron chi connectivity index (χ2n) is 2.12. The average molecular weight is 151 g/mol. The molecule has 0 aromatic carbocycles. The van der Waals surface area contributed by atoms with Gasteiger partial charge in [0.2, 0.25) is 0 Å². The van der Waals surface area contributed by atoms with Gasteiger partial charge in [-0.2, -0.15) is 4.68 Å². The molecule has 6 nitrogen and oxygen atoms in total. The summed E-state index contributed by atoms with van der Waals surface area (Å²) in [6.07, 6.45) is 2.89. The fourth-order valence-electron chi connectivity index (χ4n) is 0.816. The highest BCUT2D eigenvalue weighted by molar-refractivity contribution is 5.30. The molecule has 2 rings (SSSR count). The highest BCUT2D eigenvalue weighted by atomic mass is 16.2. The summed E-state index contributed by atoms with van der Waals surface area (Å²) in [6.45, 7) is 0. The van der Waals surface area contributed by atoms with Gasteiger partial charge < -0.3 is 0 Å². The molecule has 0 aliphatic heterocycles. The van der Waals surface area contributed by atoms with Gasteiger partial charge in [0, 0.05) is 7.05 Å². The van der Waals surface area contributed by atoms with E-state index in [1.54, 1.807) is 0 Å². The first-order valence-corrected chi connectivity index (χ1v) is 3.01. The summed E-state index contributed by atoms with van der Waals surface area (Å²) in [5.74, 6) is 0. The molecule has 2 aromatic heterocycles. The zero-order valence-electron chi connectivity index (χ0n) is 5.80. The number of imidazole rings is 1. The molecule has 0 N–H and O–H groups in total. The number of aryl methyl sites for hydroxylation is 1. The van der Waals surface area contributed by atoms with Crippen molar-refractivity contribution in [2.75, 3.05) is 0 Å². The van der Waals surface area contributed by atoms with E-state index in [9.17, 15) is 4.79 Å². The van der Waals surface area contributed by atoms with Crippen molar-refractivity contribution in [3.05, 3.63) is 23.0 Å². The summed E-state index contributed by atoms with van der Waals surface area (Å²) >= 11 is 0. The monoisotopic (exact) mass is 151 g/mol. The molecule has 0 aliphatic rings. The third kappa shape index (κ3) is 0.721. The van der Waals surface area contributed by atoms with Crippen LogP contribution < -0.4 is 5.69 Å². The fourth-order valence-corrected chi connectivity index (χ4v) is 0.816. The molecule has 0 saturated carbocycles. The molecule has 0 fully saturated rings. The van der Waals surface area contributed by atoms with Crippen molar-refractivity contribution in [1.82, 2.24) is 24.4 Å². The topological polar surface area (TPSA) is 65.1 Å². The lowest BCUT2D eigenvalue weighted by atomic mass is 10.8. The molecule has 2 heterocycles. The minimum absolute atomic E-state index is 0.243. The molecule has 0 radical (unpaired) electrons. The molecular weight excluding hydrogens is 146 g/mol. The largest absolute Gasteiger partial charge is 0.352 e.